The van der Waals surface area contributed by atoms with Crippen molar-refractivity contribution in [3.8, 4) is 0 Å². The molecule has 1 fully saturated rings. The first-order valence-corrected chi connectivity index (χ1v) is 4.83. The normalized spacial score (nSPS) is 33.6. The number of fused-ring (bicyclic) bond motifs is 1. The lowest BCUT2D eigenvalue weighted by Gasteiger charge is -2.29. The quantitative estimate of drug-likeness (QED) is 0.469. The molecule has 0 aromatic rings. The number of rotatable bonds is 1. The maximum atomic E-state index is 11.5. The van der Waals surface area contributed by atoms with E-state index in [0.717, 1.165) is 0 Å². The fourth-order valence-electron chi connectivity index (χ4n) is 2.15. The van der Waals surface area contributed by atoms with Crippen LogP contribution in [0.15, 0.2) is 12.2 Å². The maximum absolute atomic E-state index is 11.5. The summed E-state index contributed by atoms with van der Waals surface area (Å²) in [6.45, 7) is 0. The van der Waals surface area contributed by atoms with Gasteiger partial charge in [-0.15, -0.1) is 0 Å². The Morgan fingerprint density at radius 1 is 1.67 bits per heavy atom. The number of likely N-dealkylation sites (N-methyl/N-ethyl adjacent to an activating group) is 1. The van der Waals surface area contributed by atoms with Crippen molar-refractivity contribution in [3.05, 3.63) is 12.2 Å². The van der Waals surface area contributed by atoms with E-state index in [0.29, 0.717) is 6.42 Å². The Kier molecular flexibility index (Phi) is 2.38. The van der Waals surface area contributed by atoms with Gasteiger partial charge in [0, 0.05) is 7.05 Å². The number of carbonyl (C=O) groups is 2. The first kappa shape index (κ1) is 10.0. The van der Waals surface area contributed by atoms with E-state index < -0.39 is 0 Å². The van der Waals surface area contributed by atoms with Crippen molar-refractivity contribution >= 4 is 12.1 Å². The maximum Gasteiger partial charge on any atom is 0.410 e. The number of hydrogen-bond acceptors (Lipinski definition) is 4. The second kappa shape index (κ2) is 3.56. The number of amides is 1. The number of methoxy groups -OCH3 is 1. The van der Waals surface area contributed by atoms with Crippen LogP contribution in [0.4, 0.5) is 4.79 Å². The lowest BCUT2D eigenvalue weighted by Crippen LogP contribution is -2.44. The second-order valence-corrected chi connectivity index (χ2v) is 3.74. The van der Waals surface area contributed by atoms with Crippen molar-refractivity contribution < 1.29 is 19.1 Å². The molecule has 0 N–H and O–H groups in total. The lowest BCUT2D eigenvalue weighted by atomic mass is 9.87. The molecule has 5 heteroatoms. The van der Waals surface area contributed by atoms with Crippen LogP contribution in [-0.4, -0.2) is 43.3 Å². The predicted octanol–water partition coefficient (Wildman–Crippen LogP) is 0.555. The van der Waals surface area contributed by atoms with E-state index in [9.17, 15) is 9.59 Å². The second-order valence-electron chi connectivity index (χ2n) is 3.74. The molecule has 0 saturated carbocycles. The molecule has 1 saturated heterocycles. The molecule has 82 valence electrons. The highest BCUT2D eigenvalue weighted by atomic mass is 16.6. The number of hydrogen-bond donors (Lipinski definition) is 0. The molecule has 1 amide bonds. The molecular weight excluding hydrogens is 198 g/mol. The number of nitrogens with zero attached hydrogens (tertiary/aromatic N) is 1. The van der Waals surface area contributed by atoms with Gasteiger partial charge in [0.2, 0.25) is 0 Å². The molecule has 1 aliphatic heterocycles. The zero-order valence-corrected chi connectivity index (χ0v) is 8.67. The third-order valence-electron chi connectivity index (χ3n) is 2.94. The Morgan fingerprint density at radius 3 is 3.07 bits per heavy atom. The summed E-state index contributed by atoms with van der Waals surface area (Å²) in [7, 11) is 3.00. The fourth-order valence-corrected chi connectivity index (χ4v) is 2.15. The standard InChI is InChI=1S/C10H13NO4/c1-11-8-6(9(12)14-2)4-3-5-7(8)15-10(11)13/h3,5-8H,4H2,1-2H3/t6-,7+,8-/m1/s1. The van der Waals surface area contributed by atoms with Gasteiger partial charge in [0.15, 0.2) is 0 Å². The highest BCUT2D eigenvalue weighted by Gasteiger charge is 2.47. The minimum Gasteiger partial charge on any atom is -0.469 e. The van der Waals surface area contributed by atoms with E-state index in [2.05, 4.69) is 0 Å². The van der Waals surface area contributed by atoms with E-state index in [1.165, 1.54) is 12.0 Å². The zero-order valence-electron chi connectivity index (χ0n) is 8.67. The summed E-state index contributed by atoms with van der Waals surface area (Å²) in [5.74, 6) is -0.610. The van der Waals surface area contributed by atoms with Gasteiger partial charge in [-0.1, -0.05) is 6.08 Å². The van der Waals surface area contributed by atoms with Crippen molar-refractivity contribution in [1.82, 2.24) is 4.90 Å². The molecule has 1 heterocycles. The molecule has 5 nitrogen and oxygen atoms in total. The molecule has 2 aliphatic rings. The molecule has 0 bridgehead atoms. The van der Waals surface area contributed by atoms with Crippen LogP contribution in [0.1, 0.15) is 6.42 Å². The summed E-state index contributed by atoms with van der Waals surface area (Å²) in [5.41, 5.74) is 0. The molecule has 15 heavy (non-hydrogen) atoms. The van der Waals surface area contributed by atoms with Gasteiger partial charge in [-0.25, -0.2) is 4.79 Å². The monoisotopic (exact) mass is 211 g/mol. The molecule has 0 spiro atoms. The molecule has 1 aliphatic carbocycles. The van der Waals surface area contributed by atoms with Gasteiger partial charge in [-0.3, -0.25) is 4.79 Å². The first-order valence-electron chi connectivity index (χ1n) is 4.83. The third-order valence-corrected chi connectivity index (χ3v) is 2.94. The van der Waals surface area contributed by atoms with Crippen LogP contribution in [-0.2, 0) is 14.3 Å². The van der Waals surface area contributed by atoms with Crippen molar-refractivity contribution in [3.63, 3.8) is 0 Å². The van der Waals surface area contributed by atoms with Gasteiger partial charge in [0.1, 0.15) is 6.10 Å². The van der Waals surface area contributed by atoms with Crippen molar-refractivity contribution in [2.45, 2.75) is 18.6 Å². The van der Waals surface area contributed by atoms with Crippen LogP contribution < -0.4 is 0 Å². The molecule has 3 atom stereocenters. The average molecular weight is 211 g/mol. The van der Waals surface area contributed by atoms with Crippen LogP contribution in [0.2, 0.25) is 0 Å². The lowest BCUT2D eigenvalue weighted by molar-refractivity contribution is -0.147. The smallest absolute Gasteiger partial charge is 0.410 e. The van der Waals surface area contributed by atoms with Gasteiger partial charge >= 0.3 is 12.1 Å². The highest BCUT2D eigenvalue weighted by molar-refractivity contribution is 5.77. The minimum atomic E-state index is -0.384. The van der Waals surface area contributed by atoms with Crippen molar-refractivity contribution in [2.75, 3.05) is 14.2 Å². The summed E-state index contributed by atoms with van der Waals surface area (Å²) in [6, 6.07) is -0.227. The number of esters is 1. The molecular formula is C10H13NO4. The third kappa shape index (κ3) is 1.48. The van der Waals surface area contributed by atoms with Crippen LogP contribution >= 0.6 is 0 Å². The van der Waals surface area contributed by atoms with Crippen LogP contribution in [0, 0.1) is 5.92 Å². The summed E-state index contributed by atoms with van der Waals surface area (Å²) >= 11 is 0. The Balaban J connectivity index is 2.25. The van der Waals surface area contributed by atoms with Gasteiger partial charge in [0.05, 0.1) is 19.1 Å². The Hall–Kier alpha value is -1.52. The van der Waals surface area contributed by atoms with Crippen molar-refractivity contribution in [1.29, 1.82) is 0 Å². The first-order chi connectivity index (χ1) is 7.15. The van der Waals surface area contributed by atoms with Gasteiger partial charge in [-0.05, 0) is 12.5 Å². The number of ether oxygens (including phenoxy) is 2. The molecule has 0 aromatic carbocycles. The Bertz CT molecular complexity index is 325. The summed E-state index contributed by atoms with van der Waals surface area (Å²) in [5, 5.41) is 0. The summed E-state index contributed by atoms with van der Waals surface area (Å²) in [6.07, 6.45) is 3.57. The van der Waals surface area contributed by atoms with E-state index in [1.807, 2.05) is 12.2 Å². The minimum absolute atomic E-state index is 0.227. The van der Waals surface area contributed by atoms with Crippen LogP contribution in [0.5, 0.6) is 0 Å². The number of allylic oxidation sites excluding steroid dienone is 1. The number of carbonyl (C=O) groups excluding carboxylic acids is 2. The van der Waals surface area contributed by atoms with E-state index >= 15 is 0 Å². The van der Waals surface area contributed by atoms with Gasteiger partial charge in [0.25, 0.3) is 0 Å². The zero-order chi connectivity index (χ0) is 11.0. The molecule has 2 rings (SSSR count). The summed E-state index contributed by atoms with van der Waals surface area (Å²) in [4.78, 5) is 24.3. The fraction of sp³-hybridized carbons (Fsp3) is 0.600. The van der Waals surface area contributed by atoms with Gasteiger partial charge in [-0.2, -0.15) is 0 Å². The highest BCUT2D eigenvalue weighted by Crippen LogP contribution is 2.31. The van der Waals surface area contributed by atoms with Gasteiger partial charge < -0.3 is 14.4 Å². The van der Waals surface area contributed by atoms with E-state index in [-0.39, 0.29) is 30.1 Å². The molecule has 0 radical (unpaired) electrons. The van der Waals surface area contributed by atoms with Crippen LogP contribution in [0.3, 0.4) is 0 Å². The van der Waals surface area contributed by atoms with Crippen LogP contribution in [0.25, 0.3) is 0 Å². The van der Waals surface area contributed by atoms with E-state index in [1.54, 1.807) is 7.05 Å². The van der Waals surface area contributed by atoms with E-state index in [4.69, 9.17) is 9.47 Å². The molecule has 0 aromatic heterocycles. The molecule has 0 unspecified atom stereocenters. The average Bonchev–Trinajstić information content (AvgIpc) is 2.54. The predicted molar refractivity (Wildman–Crippen MR) is 51.1 cm³/mol. The Morgan fingerprint density at radius 2 is 2.40 bits per heavy atom. The topological polar surface area (TPSA) is 55.8 Å². The summed E-state index contributed by atoms with van der Waals surface area (Å²) < 4.78 is 9.81. The largest absolute Gasteiger partial charge is 0.469 e. The Labute approximate surface area is 87.6 Å². The SMILES string of the molecule is COC(=O)[C@@H]1CC=C[C@@H]2OC(=O)N(C)[C@@H]21. The van der Waals surface area contributed by atoms with Crippen molar-refractivity contribution in [2.24, 2.45) is 5.92 Å².